The lowest BCUT2D eigenvalue weighted by atomic mass is 10.2. The van der Waals surface area contributed by atoms with E-state index in [2.05, 4.69) is 10.6 Å². The summed E-state index contributed by atoms with van der Waals surface area (Å²) in [5.74, 6) is -0.913. The van der Waals surface area contributed by atoms with Gasteiger partial charge >= 0.3 is 5.97 Å². The van der Waals surface area contributed by atoms with Crippen LogP contribution in [0.25, 0.3) is 0 Å². The minimum Gasteiger partial charge on any atom is -0.478 e. The Balaban J connectivity index is 2.37. The van der Waals surface area contributed by atoms with E-state index in [0.29, 0.717) is 0 Å². The first-order valence-corrected chi connectivity index (χ1v) is 4.01. The molecule has 1 aliphatic heterocycles. The van der Waals surface area contributed by atoms with Gasteiger partial charge in [0.2, 0.25) is 5.66 Å². The predicted molar refractivity (Wildman–Crippen MR) is 49.7 cm³/mol. The number of carboxylic acids is 1. The Labute approximate surface area is 75.6 Å². The van der Waals surface area contributed by atoms with Crippen molar-refractivity contribution in [3.8, 4) is 0 Å². The van der Waals surface area contributed by atoms with Gasteiger partial charge in [0.05, 0.1) is 11.4 Å². The van der Waals surface area contributed by atoms with Crippen LogP contribution in [0.1, 0.15) is 6.92 Å². The first-order valence-electron chi connectivity index (χ1n) is 4.01. The average Bonchev–Trinajstić information content (AvgIpc) is 2.42. The maximum absolute atomic E-state index is 10.9. The standard InChI is InChI=1S/C9H10N2O2/c1-9(8(12)13)10-6-4-2-3-5-7(6)11-9/h2-5,10-11H,1H3,(H,12,13). The summed E-state index contributed by atoms with van der Waals surface area (Å²) in [5.41, 5.74) is 0.573. The number of anilines is 2. The first-order chi connectivity index (χ1) is 6.12. The van der Waals surface area contributed by atoms with Gasteiger partial charge in [0, 0.05) is 0 Å². The highest BCUT2D eigenvalue weighted by Crippen LogP contribution is 2.33. The minimum absolute atomic E-state index is 0.826. The topological polar surface area (TPSA) is 61.4 Å². The van der Waals surface area contributed by atoms with Crippen LogP contribution in [0.15, 0.2) is 24.3 Å². The monoisotopic (exact) mass is 178 g/mol. The number of hydrogen-bond donors (Lipinski definition) is 3. The quantitative estimate of drug-likeness (QED) is 0.607. The molecule has 0 bridgehead atoms. The Kier molecular flexibility index (Phi) is 1.45. The van der Waals surface area contributed by atoms with Crippen LogP contribution in [-0.2, 0) is 4.79 Å². The van der Waals surface area contributed by atoms with Crippen LogP contribution in [-0.4, -0.2) is 16.7 Å². The summed E-state index contributed by atoms with van der Waals surface area (Å²) in [6.45, 7) is 1.59. The molecule has 0 amide bonds. The fourth-order valence-corrected chi connectivity index (χ4v) is 1.38. The number of fused-ring (bicyclic) bond motifs is 1. The molecule has 3 N–H and O–H groups in total. The maximum Gasteiger partial charge on any atom is 0.350 e. The SMILES string of the molecule is CC1(C(=O)O)Nc2ccccc2N1. The summed E-state index contributed by atoms with van der Waals surface area (Å²) in [6, 6.07) is 7.41. The molecule has 68 valence electrons. The number of carbonyl (C=O) groups is 1. The van der Waals surface area contributed by atoms with Crippen molar-refractivity contribution < 1.29 is 9.90 Å². The van der Waals surface area contributed by atoms with Crippen molar-refractivity contribution in [3.05, 3.63) is 24.3 Å². The minimum atomic E-state index is -1.08. The van der Waals surface area contributed by atoms with Gasteiger partial charge in [0.1, 0.15) is 0 Å². The third-order valence-electron chi connectivity index (χ3n) is 2.12. The smallest absolute Gasteiger partial charge is 0.350 e. The Morgan fingerprint density at radius 2 is 1.77 bits per heavy atom. The van der Waals surface area contributed by atoms with Gasteiger partial charge in [-0.1, -0.05) is 12.1 Å². The fourth-order valence-electron chi connectivity index (χ4n) is 1.38. The van der Waals surface area contributed by atoms with Crippen molar-refractivity contribution in [2.45, 2.75) is 12.6 Å². The van der Waals surface area contributed by atoms with Crippen LogP contribution in [0.2, 0.25) is 0 Å². The molecular formula is C9H10N2O2. The fraction of sp³-hybridized carbons (Fsp3) is 0.222. The molecule has 1 aliphatic rings. The molecule has 0 spiro atoms. The molecule has 4 nitrogen and oxygen atoms in total. The molecule has 1 aromatic rings. The number of hydrogen-bond acceptors (Lipinski definition) is 3. The van der Waals surface area contributed by atoms with Gasteiger partial charge in [0.15, 0.2) is 0 Å². The van der Waals surface area contributed by atoms with Gasteiger partial charge in [-0.25, -0.2) is 4.79 Å². The second kappa shape index (κ2) is 2.39. The number of rotatable bonds is 1. The molecule has 0 unspecified atom stereocenters. The molecule has 4 heteroatoms. The molecule has 1 aromatic carbocycles. The molecule has 0 saturated heterocycles. The second-order valence-corrected chi connectivity index (χ2v) is 3.23. The van der Waals surface area contributed by atoms with Crippen LogP contribution in [0.3, 0.4) is 0 Å². The summed E-state index contributed by atoms with van der Waals surface area (Å²) in [5, 5.41) is 14.7. The third kappa shape index (κ3) is 1.11. The van der Waals surface area contributed by atoms with Crippen LogP contribution in [0.5, 0.6) is 0 Å². The van der Waals surface area contributed by atoms with Crippen molar-refractivity contribution >= 4 is 17.3 Å². The normalized spacial score (nSPS) is 17.0. The maximum atomic E-state index is 10.9. The van der Waals surface area contributed by atoms with Crippen molar-refractivity contribution in [2.24, 2.45) is 0 Å². The Bertz CT molecular complexity index is 337. The van der Waals surface area contributed by atoms with Gasteiger partial charge in [0.25, 0.3) is 0 Å². The van der Waals surface area contributed by atoms with Crippen LogP contribution in [0.4, 0.5) is 11.4 Å². The average molecular weight is 178 g/mol. The van der Waals surface area contributed by atoms with Gasteiger partial charge in [-0.15, -0.1) is 0 Å². The molecular weight excluding hydrogens is 168 g/mol. The highest BCUT2D eigenvalue weighted by atomic mass is 16.4. The van der Waals surface area contributed by atoms with E-state index in [1.165, 1.54) is 0 Å². The lowest BCUT2D eigenvalue weighted by Gasteiger charge is -2.19. The van der Waals surface area contributed by atoms with E-state index >= 15 is 0 Å². The Morgan fingerprint density at radius 1 is 1.31 bits per heavy atom. The zero-order chi connectivity index (χ0) is 9.47. The molecule has 0 fully saturated rings. The summed E-state index contributed by atoms with van der Waals surface area (Å²) in [7, 11) is 0. The molecule has 0 aliphatic carbocycles. The van der Waals surface area contributed by atoms with E-state index in [0.717, 1.165) is 11.4 Å². The molecule has 13 heavy (non-hydrogen) atoms. The van der Waals surface area contributed by atoms with Crippen molar-refractivity contribution in [1.82, 2.24) is 0 Å². The first kappa shape index (κ1) is 7.91. The number of nitrogens with one attached hydrogen (secondary N) is 2. The van der Waals surface area contributed by atoms with E-state index in [1.54, 1.807) is 6.92 Å². The molecule has 0 saturated carbocycles. The second-order valence-electron chi connectivity index (χ2n) is 3.23. The van der Waals surface area contributed by atoms with E-state index in [1.807, 2.05) is 24.3 Å². The van der Waals surface area contributed by atoms with Crippen LogP contribution < -0.4 is 10.6 Å². The molecule has 0 radical (unpaired) electrons. The van der Waals surface area contributed by atoms with Crippen molar-refractivity contribution in [3.63, 3.8) is 0 Å². The van der Waals surface area contributed by atoms with Gasteiger partial charge in [-0.3, -0.25) is 0 Å². The van der Waals surface area contributed by atoms with E-state index in [-0.39, 0.29) is 0 Å². The molecule has 0 aromatic heterocycles. The van der Waals surface area contributed by atoms with Crippen molar-refractivity contribution in [2.75, 3.05) is 10.6 Å². The number of para-hydroxylation sites is 2. The summed E-state index contributed by atoms with van der Waals surface area (Å²) in [6.07, 6.45) is 0. The van der Waals surface area contributed by atoms with Gasteiger partial charge < -0.3 is 15.7 Å². The number of aliphatic carboxylic acids is 1. The lowest BCUT2D eigenvalue weighted by Crippen LogP contribution is -2.46. The number of carboxylic acid groups (broad SMARTS) is 1. The summed E-state index contributed by atoms with van der Waals surface area (Å²) in [4.78, 5) is 10.9. The summed E-state index contributed by atoms with van der Waals surface area (Å²) < 4.78 is 0. The van der Waals surface area contributed by atoms with E-state index < -0.39 is 11.6 Å². The highest BCUT2D eigenvalue weighted by Gasteiger charge is 2.38. The van der Waals surface area contributed by atoms with Gasteiger partial charge in [-0.05, 0) is 19.1 Å². The zero-order valence-corrected chi connectivity index (χ0v) is 7.16. The van der Waals surface area contributed by atoms with Crippen molar-refractivity contribution in [1.29, 1.82) is 0 Å². The van der Waals surface area contributed by atoms with E-state index in [4.69, 9.17) is 5.11 Å². The molecule has 2 rings (SSSR count). The lowest BCUT2D eigenvalue weighted by molar-refractivity contribution is -0.140. The third-order valence-corrected chi connectivity index (χ3v) is 2.12. The zero-order valence-electron chi connectivity index (χ0n) is 7.16. The summed E-state index contributed by atoms with van der Waals surface area (Å²) >= 11 is 0. The predicted octanol–water partition coefficient (Wildman–Crippen LogP) is 1.32. The Hall–Kier alpha value is -1.71. The highest BCUT2D eigenvalue weighted by molar-refractivity contribution is 5.92. The van der Waals surface area contributed by atoms with Crippen LogP contribution in [0, 0.1) is 0 Å². The van der Waals surface area contributed by atoms with Crippen LogP contribution >= 0.6 is 0 Å². The molecule has 0 atom stereocenters. The molecule has 1 heterocycles. The number of benzene rings is 1. The Morgan fingerprint density at radius 3 is 2.15 bits per heavy atom. The largest absolute Gasteiger partial charge is 0.478 e. The van der Waals surface area contributed by atoms with Gasteiger partial charge in [-0.2, -0.15) is 0 Å². The van der Waals surface area contributed by atoms with E-state index in [9.17, 15) is 4.79 Å².